The number of halogens is 3. The Morgan fingerprint density at radius 2 is 2.00 bits per heavy atom. The molecule has 2 rings (SSSR count). The molecule has 124 valence electrons. The number of nitrogens with zero attached hydrogens (tertiary/aromatic N) is 3. The number of amides is 1. The topological polar surface area (TPSA) is 80.7 Å². The van der Waals surface area contributed by atoms with Gasteiger partial charge in [-0.15, -0.1) is 0 Å². The van der Waals surface area contributed by atoms with Gasteiger partial charge in [0.25, 0.3) is 5.91 Å². The molecule has 0 saturated carbocycles. The minimum atomic E-state index is -4.48. The van der Waals surface area contributed by atoms with Gasteiger partial charge in [-0.1, -0.05) is 12.1 Å². The zero-order valence-corrected chi connectivity index (χ0v) is 12.6. The summed E-state index contributed by atoms with van der Waals surface area (Å²) in [4.78, 5) is 23.0. The van der Waals surface area contributed by atoms with Gasteiger partial charge in [0.1, 0.15) is 17.1 Å². The molecule has 0 radical (unpaired) electrons. The number of nitrogens with two attached hydrogens (primary N) is 1. The van der Waals surface area contributed by atoms with Gasteiger partial charge in [0.2, 0.25) is 0 Å². The fourth-order valence-electron chi connectivity index (χ4n) is 1.97. The van der Waals surface area contributed by atoms with E-state index in [1.165, 1.54) is 31.5 Å². The SMILES string of the molecule is C=Nc1cncc(-c2cccc(C(F)(F)F)c2)c1N=C(C)C(N)=O. The molecule has 0 unspecified atom stereocenters. The molecule has 2 aromatic rings. The van der Waals surface area contributed by atoms with Crippen molar-refractivity contribution in [2.75, 3.05) is 0 Å². The highest BCUT2D eigenvalue weighted by Crippen LogP contribution is 2.39. The van der Waals surface area contributed by atoms with Crippen LogP contribution in [-0.4, -0.2) is 23.3 Å². The highest BCUT2D eigenvalue weighted by atomic mass is 19.4. The summed E-state index contributed by atoms with van der Waals surface area (Å²) in [7, 11) is 0. The fraction of sp³-hybridized carbons (Fsp3) is 0.125. The fourth-order valence-corrected chi connectivity index (χ4v) is 1.97. The maximum absolute atomic E-state index is 12.9. The summed E-state index contributed by atoms with van der Waals surface area (Å²) >= 11 is 0. The lowest BCUT2D eigenvalue weighted by molar-refractivity contribution is -0.137. The van der Waals surface area contributed by atoms with Crippen LogP contribution in [0.15, 0.2) is 46.6 Å². The van der Waals surface area contributed by atoms with Crippen LogP contribution in [0.3, 0.4) is 0 Å². The summed E-state index contributed by atoms with van der Waals surface area (Å²) in [6.45, 7) is 4.77. The van der Waals surface area contributed by atoms with Gasteiger partial charge in [0.05, 0.1) is 11.8 Å². The number of hydrogen-bond acceptors (Lipinski definition) is 4. The van der Waals surface area contributed by atoms with E-state index in [0.29, 0.717) is 0 Å². The molecule has 0 aliphatic carbocycles. The van der Waals surface area contributed by atoms with E-state index in [9.17, 15) is 18.0 Å². The van der Waals surface area contributed by atoms with Crippen LogP contribution in [0.2, 0.25) is 0 Å². The standard InChI is InChI=1S/C16H13F3N4O/c1-9(15(20)24)23-14-12(7-22-8-13(14)21-2)10-4-3-5-11(6-10)16(17,18)19/h3-8H,2H2,1H3,(H2,20,24). The minimum absolute atomic E-state index is 0.0145. The number of carbonyl (C=O) groups excluding carboxylic acids is 1. The second kappa shape index (κ2) is 6.61. The van der Waals surface area contributed by atoms with Gasteiger partial charge < -0.3 is 5.73 Å². The van der Waals surface area contributed by atoms with Crippen LogP contribution >= 0.6 is 0 Å². The predicted molar refractivity (Wildman–Crippen MR) is 85.8 cm³/mol. The zero-order valence-electron chi connectivity index (χ0n) is 12.6. The van der Waals surface area contributed by atoms with Crippen molar-refractivity contribution in [2.24, 2.45) is 15.7 Å². The third-order valence-corrected chi connectivity index (χ3v) is 3.21. The molecular formula is C16H13F3N4O. The number of hydrogen-bond donors (Lipinski definition) is 1. The summed E-state index contributed by atoms with van der Waals surface area (Å²) in [5.41, 5.74) is 5.27. The van der Waals surface area contributed by atoms with Gasteiger partial charge in [0, 0.05) is 11.8 Å². The van der Waals surface area contributed by atoms with Crippen LogP contribution in [0.5, 0.6) is 0 Å². The maximum Gasteiger partial charge on any atom is 0.416 e. The quantitative estimate of drug-likeness (QED) is 0.866. The number of aliphatic imine (C=N–C) groups is 2. The van der Waals surface area contributed by atoms with Gasteiger partial charge in [-0.3, -0.25) is 14.8 Å². The van der Waals surface area contributed by atoms with Crippen molar-refractivity contribution >= 4 is 29.7 Å². The number of carbonyl (C=O) groups is 1. The Hall–Kier alpha value is -3.03. The molecule has 5 nitrogen and oxygen atoms in total. The average Bonchev–Trinajstić information content (AvgIpc) is 2.54. The van der Waals surface area contributed by atoms with E-state index in [0.717, 1.165) is 12.1 Å². The van der Waals surface area contributed by atoms with E-state index in [1.54, 1.807) is 0 Å². The predicted octanol–water partition coefficient (Wildman–Crippen LogP) is 3.68. The summed E-state index contributed by atoms with van der Waals surface area (Å²) < 4.78 is 38.7. The molecule has 1 aromatic carbocycles. The third-order valence-electron chi connectivity index (χ3n) is 3.21. The van der Waals surface area contributed by atoms with Crippen molar-refractivity contribution in [3.8, 4) is 11.1 Å². The Morgan fingerprint density at radius 1 is 1.29 bits per heavy atom. The smallest absolute Gasteiger partial charge is 0.365 e. The van der Waals surface area contributed by atoms with Crippen molar-refractivity contribution in [3.63, 3.8) is 0 Å². The van der Waals surface area contributed by atoms with Crippen LogP contribution in [0.1, 0.15) is 12.5 Å². The van der Waals surface area contributed by atoms with Crippen LogP contribution in [0, 0.1) is 0 Å². The number of alkyl halides is 3. The minimum Gasteiger partial charge on any atom is -0.365 e. The molecule has 1 aromatic heterocycles. The molecule has 0 bridgehead atoms. The molecule has 0 aliphatic heterocycles. The monoisotopic (exact) mass is 334 g/mol. The summed E-state index contributed by atoms with van der Waals surface area (Å²) in [6.07, 6.45) is -1.79. The van der Waals surface area contributed by atoms with Crippen molar-refractivity contribution in [1.29, 1.82) is 0 Å². The third kappa shape index (κ3) is 3.65. The lowest BCUT2D eigenvalue weighted by Gasteiger charge is -2.11. The molecule has 1 heterocycles. The highest BCUT2D eigenvalue weighted by molar-refractivity contribution is 6.38. The first kappa shape index (κ1) is 17.3. The van der Waals surface area contributed by atoms with Crippen molar-refractivity contribution in [1.82, 2.24) is 4.98 Å². The number of pyridine rings is 1. The number of rotatable bonds is 4. The van der Waals surface area contributed by atoms with Gasteiger partial charge >= 0.3 is 6.18 Å². The van der Waals surface area contributed by atoms with Crippen LogP contribution < -0.4 is 5.73 Å². The second-order valence-electron chi connectivity index (χ2n) is 4.85. The summed E-state index contributed by atoms with van der Waals surface area (Å²) in [5, 5.41) is 0. The van der Waals surface area contributed by atoms with Crippen molar-refractivity contribution < 1.29 is 18.0 Å². The zero-order chi connectivity index (χ0) is 17.9. The highest BCUT2D eigenvalue weighted by Gasteiger charge is 2.30. The van der Waals surface area contributed by atoms with Crippen molar-refractivity contribution in [3.05, 3.63) is 42.2 Å². The number of primary amides is 1. The maximum atomic E-state index is 12.9. The molecule has 0 fully saturated rings. The van der Waals surface area contributed by atoms with Crippen LogP contribution in [0.4, 0.5) is 24.5 Å². The van der Waals surface area contributed by atoms with Gasteiger partial charge in [-0.2, -0.15) is 13.2 Å². The molecule has 0 aliphatic rings. The molecule has 0 saturated heterocycles. The summed E-state index contributed by atoms with van der Waals surface area (Å²) in [6, 6.07) is 4.70. The molecule has 1 amide bonds. The Morgan fingerprint density at radius 3 is 2.58 bits per heavy atom. The first-order valence-corrected chi connectivity index (χ1v) is 6.71. The van der Waals surface area contributed by atoms with E-state index >= 15 is 0 Å². The normalized spacial score (nSPS) is 12.1. The first-order chi connectivity index (χ1) is 11.2. The van der Waals surface area contributed by atoms with E-state index in [1.807, 2.05) is 0 Å². The van der Waals surface area contributed by atoms with Gasteiger partial charge in [-0.05, 0) is 31.3 Å². The average molecular weight is 334 g/mol. The van der Waals surface area contributed by atoms with Gasteiger partial charge in [-0.25, -0.2) is 4.99 Å². The second-order valence-corrected chi connectivity index (χ2v) is 4.85. The molecule has 8 heteroatoms. The lowest BCUT2D eigenvalue weighted by atomic mass is 10.0. The van der Waals surface area contributed by atoms with Crippen LogP contribution in [0.25, 0.3) is 11.1 Å². The summed E-state index contributed by atoms with van der Waals surface area (Å²) in [5.74, 6) is -0.753. The number of aromatic nitrogens is 1. The molecular weight excluding hydrogens is 321 g/mol. The van der Waals surface area contributed by atoms with Gasteiger partial charge in [0.15, 0.2) is 0 Å². The Bertz CT molecular complexity index is 828. The van der Waals surface area contributed by atoms with Crippen LogP contribution in [-0.2, 0) is 11.0 Å². The Balaban J connectivity index is 2.70. The first-order valence-electron chi connectivity index (χ1n) is 6.71. The molecule has 0 atom stereocenters. The van der Waals surface area contributed by atoms with E-state index < -0.39 is 17.6 Å². The molecule has 24 heavy (non-hydrogen) atoms. The Kier molecular flexibility index (Phi) is 4.77. The van der Waals surface area contributed by atoms with E-state index in [-0.39, 0.29) is 28.2 Å². The van der Waals surface area contributed by atoms with E-state index in [2.05, 4.69) is 21.7 Å². The largest absolute Gasteiger partial charge is 0.416 e. The molecule has 0 spiro atoms. The molecule has 2 N–H and O–H groups in total. The van der Waals surface area contributed by atoms with Crippen molar-refractivity contribution in [2.45, 2.75) is 13.1 Å². The lowest BCUT2D eigenvalue weighted by Crippen LogP contribution is -2.19. The Labute approximate surface area is 135 Å². The van der Waals surface area contributed by atoms with E-state index in [4.69, 9.17) is 5.73 Å². The number of benzene rings is 1.